The number of methoxy groups -OCH3 is 1. The number of hydrogen-bond donors (Lipinski definition) is 5. The normalized spacial score (nSPS) is 24.5. The number of fused-ring (bicyclic) bond motifs is 5. The van der Waals surface area contributed by atoms with Crippen molar-refractivity contribution in [2.75, 3.05) is 52.0 Å². The molecule has 2 aromatic carbocycles. The zero-order chi connectivity index (χ0) is 33.6. The monoisotopic (exact) mass is 653 g/mol. The van der Waals surface area contributed by atoms with Crippen molar-refractivity contribution in [3.05, 3.63) is 47.0 Å². The molecule has 6 N–H and O–H groups in total. The molecular formula is C35H47N3O9. The minimum absolute atomic E-state index is 0.00780. The van der Waals surface area contributed by atoms with E-state index >= 15 is 0 Å². The first-order valence-corrected chi connectivity index (χ1v) is 16.5. The second kappa shape index (κ2) is 15.4. The molecule has 5 rings (SSSR count). The lowest BCUT2D eigenvalue weighted by molar-refractivity contribution is -0.124. The molecule has 5 atom stereocenters. The number of benzene rings is 2. The molecule has 3 aliphatic rings. The average molecular weight is 654 g/mol. The molecule has 0 saturated heterocycles. The Labute approximate surface area is 275 Å². The summed E-state index contributed by atoms with van der Waals surface area (Å²) in [7, 11) is 1.33. The largest absolute Gasteiger partial charge is 0.508 e. The summed E-state index contributed by atoms with van der Waals surface area (Å²) in [5.41, 5.74) is 7.94. The van der Waals surface area contributed by atoms with Crippen LogP contribution >= 0.6 is 0 Å². The van der Waals surface area contributed by atoms with E-state index in [4.69, 9.17) is 24.7 Å². The van der Waals surface area contributed by atoms with E-state index in [1.807, 2.05) is 12.1 Å². The van der Waals surface area contributed by atoms with E-state index in [1.54, 1.807) is 0 Å². The Hall–Kier alpha value is -3.87. The zero-order valence-corrected chi connectivity index (χ0v) is 27.2. The summed E-state index contributed by atoms with van der Waals surface area (Å²) in [5.74, 6) is 0.291. The minimum atomic E-state index is -0.891. The number of rotatable bonds is 15. The number of carbonyl (C=O) groups is 3. The van der Waals surface area contributed by atoms with Crippen molar-refractivity contribution >= 4 is 23.4 Å². The van der Waals surface area contributed by atoms with Gasteiger partial charge in [-0.3, -0.25) is 14.4 Å². The Morgan fingerprint density at radius 1 is 0.979 bits per heavy atom. The van der Waals surface area contributed by atoms with Gasteiger partial charge in [0.25, 0.3) is 5.91 Å². The van der Waals surface area contributed by atoms with Crippen LogP contribution < -0.4 is 21.1 Å². The number of carbonyl (C=O) groups excluding carboxylic acids is 3. The number of nitrogens with two attached hydrogens (primary N) is 1. The van der Waals surface area contributed by atoms with Gasteiger partial charge in [-0.25, -0.2) is 0 Å². The van der Waals surface area contributed by atoms with Gasteiger partial charge < -0.3 is 45.5 Å². The molecule has 2 fully saturated rings. The van der Waals surface area contributed by atoms with Crippen LogP contribution in [0.25, 0.3) is 0 Å². The maximum atomic E-state index is 12.4. The fourth-order valence-electron chi connectivity index (χ4n) is 8.09. The fraction of sp³-hybridized carbons (Fsp3) is 0.571. The highest BCUT2D eigenvalue weighted by Gasteiger charge is 2.55. The van der Waals surface area contributed by atoms with E-state index in [2.05, 4.69) is 23.6 Å². The molecule has 2 aromatic rings. The van der Waals surface area contributed by atoms with Gasteiger partial charge in [0.1, 0.15) is 23.7 Å². The molecule has 0 aliphatic heterocycles. The van der Waals surface area contributed by atoms with Gasteiger partial charge in [-0.15, -0.1) is 0 Å². The van der Waals surface area contributed by atoms with Gasteiger partial charge in [-0.1, -0.05) is 13.0 Å². The van der Waals surface area contributed by atoms with Crippen LogP contribution in [0.4, 0.5) is 5.69 Å². The first-order valence-electron chi connectivity index (χ1n) is 16.5. The van der Waals surface area contributed by atoms with Gasteiger partial charge in [0, 0.05) is 13.0 Å². The van der Waals surface area contributed by atoms with Crippen molar-refractivity contribution in [3.8, 4) is 17.2 Å². The van der Waals surface area contributed by atoms with Crippen LogP contribution in [0, 0.1) is 17.3 Å². The molecule has 3 aliphatic carbocycles. The smallest absolute Gasteiger partial charge is 0.256 e. The summed E-state index contributed by atoms with van der Waals surface area (Å²) < 4.78 is 22.2. The highest BCUT2D eigenvalue weighted by atomic mass is 16.5. The Kier molecular flexibility index (Phi) is 11.3. The van der Waals surface area contributed by atoms with Crippen molar-refractivity contribution in [2.24, 2.45) is 23.0 Å². The van der Waals surface area contributed by atoms with Crippen molar-refractivity contribution in [3.63, 3.8) is 0 Å². The number of hydrogen-bond acceptors (Lipinski definition) is 9. The predicted molar refractivity (Wildman–Crippen MR) is 174 cm³/mol. The van der Waals surface area contributed by atoms with E-state index in [-0.39, 0.29) is 54.2 Å². The van der Waals surface area contributed by atoms with E-state index < -0.39 is 17.6 Å². The van der Waals surface area contributed by atoms with Gasteiger partial charge in [0.15, 0.2) is 5.75 Å². The van der Waals surface area contributed by atoms with Crippen molar-refractivity contribution in [1.29, 1.82) is 0 Å². The lowest BCUT2D eigenvalue weighted by atomic mass is 9.55. The quantitative estimate of drug-likeness (QED) is 0.142. The number of aromatic hydroxyl groups is 2. The predicted octanol–water partition coefficient (Wildman–Crippen LogP) is 3.62. The van der Waals surface area contributed by atoms with Gasteiger partial charge >= 0.3 is 0 Å². The Balaban J connectivity index is 0.926. The van der Waals surface area contributed by atoms with Crippen LogP contribution in [0.15, 0.2) is 30.3 Å². The molecule has 12 heteroatoms. The second-order valence-corrected chi connectivity index (χ2v) is 13.0. The van der Waals surface area contributed by atoms with Gasteiger partial charge in [0.2, 0.25) is 11.8 Å². The van der Waals surface area contributed by atoms with E-state index in [0.29, 0.717) is 49.7 Å². The molecule has 3 amide bonds. The minimum Gasteiger partial charge on any atom is -0.508 e. The van der Waals surface area contributed by atoms with Crippen molar-refractivity contribution < 1.29 is 43.5 Å². The third-order valence-electron chi connectivity index (χ3n) is 10.3. The molecule has 2 saturated carbocycles. The number of amides is 3. The Bertz CT molecular complexity index is 1450. The van der Waals surface area contributed by atoms with Crippen LogP contribution in [0.1, 0.15) is 72.9 Å². The molecular weight excluding hydrogens is 606 g/mol. The number of aryl methyl sites for hydroxylation is 1. The fourth-order valence-corrected chi connectivity index (χ4v) is 8.09. The summed E-state index contributed by atoms with van der Waals surface area (Å²) >= 11 is 0. The molecule has 5 unspecified atom stereocenters. The number of phenols is 2. The van der Waals surface area contributed by atoms with Gasteiger partial charge in [0.05, 0.1) is 45.3 Å². The average Bonchev–Trinajstić information content (AvgIpc) is 3.38. The third kappa shape index (κ3) is 7.82. The van der Waals surface area contributed by atoms with Gasteiger partial charge in [-0.05, 0) is 97.1 Å². The molecule has 256 valence electrons. The standard InChI is InChI=1S/C35H47N3O9/c1-35-13-11-24-23-6-4-22(39)19-21(23)3-5-25(24)26(35)7-10-29(35)47-15-12-30(40)37-14-16-45-17-18-46-20-31(41)38-27-8-9-28(44-2)32(33(27)42)34(36)43/h4,6,8-9,19,24-26,29,39,42H,3,5,7,10-18,20H2,1-2H3,(H2,36,43)(H,37,40)(H,38,41). The van der Waals surface area contributed by atoms with Crippen LogP contribution in [-0.2, 0) is 30.2 Å². The molecule has 12 nitrogen and oxygen atoms in total. The Morgan fingerprint density at radius 3 is 2.57 bits per heavy atom. The zero-order valence-electron chi connectivity index (χ0n) is 27.2. The topological polar surface area (TPSA) is 179 Å². The summed E-state index contributed by atoms with van der Waals surface area (Å²) in [5, 5.41) is 25.5. The SMILES string of the molecule is COc1ccc(NC(=O)COCCOCCNC(=O)CCOC2CCC3C4CCc5cc(O)ccc5C4CCC23C)c(O)c1C(N)=O. The van der Waals surface area contributed by atoms with Gasteiger partial charge in [-0.2, -0.15) is 0 Å². The number of primary amides is 1. The Morgan fingerprint density at radius 2 is 1.79 bits per heavy atom. The molecule has 0 spiro atoms. The number of phenolic OH excluding ortho intramolecular Hbond substituents is 1. The lowest BCUT2D eigenvalue weighted by Gasteiger charge is -2.50. The molecule has 0 heterocycles. The van der Waals surface area contributed by atoms with E-state index in [9.17, 15) is 24.6 Å². The third-order valence-corrected chi connectivity index (χ3v) is 10.3. The summed E-state index contributed by atoms with van der Waals surface area (Å²) in [6.45, 7) is 3.51. The highest BCUT2D eigenvalue weighted by Crippen LogP contribution is 2.61. The first-order chi connectivity index (χ1) is 22.6. The lowest BCUT2D eigenvalue weighted by Crippen LogP contribution is -2.45. The molecule has 0 radical (unpaired) electrons. The maximum absolute atomic E-state index is 12.4. The summed E-state index contributed by atoms with van der Waals surface area (Å²) in [6, 6.07) is 8.71. The van der Waals surface area contributed by atoms with Crippen LogP contribution in [0.5, 0.6) is 17.2 Å². The summed E-state index contributed by atoms with van der Waals surface area (Å²) in [4.78, 5) is 36.2. The van der Waals surface area contributed by atoms with Crippen molar-refractivity contribution in [1.82, 2.24) is 5.32 Å². The number of ether oxygens (including phenoxy) is 4. The molecule has 0 bridgehead atoms. The summed E-state index contributed by atoms with van der Waals surface area (Å²) in [6.07, 6.45) is 7.11. The first kappa shape index (κ1) is 34.5. The number of nitrogens with one attached hydrogen (secondary N) is 2. The number of anilines is 1. The maximum Gasteiger partial charge on any atom is 0.256 e. The highest BCUT2D eigenvalue weighted by molar-refractivity contribution is 6.02. The van der Waals surface area contributed by atoms with E-state index in [0.717, 1.165) is 38.5 Å². The van der Waals surface area contributed by atoms with Crippen LogP contribution in [0.3, 0.4) is 0 Å². The van der Waals surface area contributed by atoms with Crippen LogP contribution in [-0.4, -0.2) is 80.7 Å². The molecule has 47 heavy (non-hydrogen) atoms. The molecule has 0 aromatic heterocycles. The second-order valence-electron chi connectivity index (χ2n) is 13.0. The van der Waals surface area contributed by atoms with Crippen LogP contribution in [0.2, 0.25) is 0 Å². The van der Waals surface area contributed by atoms with Crippen molar-refractivity contribution in [2.45, 2.75) is 63.9 Å². The van der Waals surface area contributed by atoms with E-state index in [1.165, 1.54) is 30.4 Å².